The van der Waals surface area contributed by atoms with E-state index in [4.69, 9.17) is 15.6 Å². The molecule has 5 atom stereocenters. The summed E-state index contributed by atoms with van der Waals surface area (Å²) in [6.07, 6.45) is 3.11. The number of nitrogens with one attached hydrogen (secondary N) is 3. The minimum Gasteiger partial charge on any atom is -0.475 e. The van der Waals surface area contributed by atoms with Crippen molar-refractivity contribution in [1.29, 1.82) is 0 Å². The Morgan fingerprint density at radius 2 is 1.64 bits per heavy atom. The predicted octanol–water partition coefficient (Wildman–Crippen LogP) is 2.06. The number of nitrogens with two attached hydrogens (primary N) is 1. The molecule has 276 valence electrons. The van der Waals surface area contributed by atoms with Crippen LogP contribution in [0.15, 0.2) is 36.5 Å². The molecule has 0 bridgehead atoms. The average Bonchev–Trinajstić information content (AvgIpc) is 3.75. The number of hydrogen-bond acceptors (Lipinski definition) is 8. The Hall–Kier alpha value is -4.54. The van der Waals surface area contributed by atoms with Crippen molar-refractivity contribution in [3.8, 4) is 0 Å². The zero-order chi connectivity index (χ0) is 37.2. The van der Waals surface area contributed by atoms with Gasteiger partial charge in [-0.1, -0.05) is 68.7 Å². The number of rotatable bonds is 12. The van der Waals surface area contributed by atoms with E-state index in [0.717, 1.165) is 24.1 Å². The van der Waals surface area contributed by atoms with Crippen LogP contribution in [-0.2, 0) is 30.4 Å². The smallest absolute Gasteiger partial charge is 0.475 e. The largest absolute Gasteiger partial charge is 0.490 e. The van der Waals surface area contributed by atoms with Gasteiger partial charge >= 0.3 is 12.1 Å². The third-order valence-corrected chi connectivity index (χ3v) is 9.03. The molecule has 0 radical (unpaired) electrons. The number of carbonyl (C=O) groups excluding carboxylic acids is 4. The number of nitrogens with zero attached hydrogens (tertiary/aromatic N) is 4. The van der Waals surface area contributed by atoms with Gasteiger partial charge in [-0.3, -0.25) is 19.2 Å². The third-order valence-electron chi connectivity index (χ3n) is 9.03. The first-order valence-corrected chi connectivity index (χ1v) is 16.7. The number of benzene rings is 1. The van der Waals surface area contributed by atoms with E-state index in [2.05, 4.69) is 26.3 Å². The Kier molecular flexibility index (Phi) is 14.3. The van der Waals surface area contributed by atoms with Crippen molar-refractivity contribution in [3.63, 3.8) is 0 Å². The van der Waals surface area contributed by atoms with E-state index < -0.39 is 48.1 Å². The van der Waals surface area contributed by atoms with E-state index in [1.165, 1.54) is 24.2 Å². The SMILES string of the molecule is CN[C@@H](C)C(=O)N[C@H](C(=O)N1C[C@@H](n2cc(C3CCCCC3)nn2)C[C@H]1C(=O)N[C@@H](Cc1ccccc1)C(N)=O)C(C)C.O=C(O)C(F)(F)F. The quantitative estimate of drug-likeness (QED) is 0.219. The highest BCUT2D eigenvalue weighted by Crippen LogP contribution is 2.33. The highest BCUT2D eigenvalue weighted by atomic mass is 19.4. The van der Waals surface area contributed by atoms with Crippen molar-refractivity contribution < 1.29 is 42.3 Å². The number of aromatic nitrogens is 3. The van der Waals surface area contributed by atoms with Crippen LogP contribution in [0.4, 0.5) is 13.2 Å². The Balaban J connectivity index is 0.000000872. The maximum atomic E-state index is 14.1. The normalized spacial score (nSPS) is 19.9. The summed E-state index contributed by atoms with van der Waals surface area (Å²) in [7, 11) is 1.67. The maximum absolute atomic E-state index is 14.1. The minimum absolute atomic E-state index is 0.213. The first-order valence-electron chi connectivity index (χ1n) is 16.7. The fraction of sp³-hybridized carbons (Fsp3) is 0.606. The molecule has 1 aromatic heterocycles. The fourth-order valence-electron chi connectivity index (χ4n) is 5.99. The molecule has 4 rings (SSSR count). The molecule has 6 N–H and O–H groups in total. The van der Waals surface area contributed by atoms with Crippen LogP contribution in [0.1, 0.15) is 82.5 Å². The van der Waals surface area contributed by atoms with Gasteiger partial charge in [0.1, 0.15) is 18.1 Å². The van der Waals surface area contributed by atoms with Crippen LogP contribution in [0, 0.1) is 5.92 Å². The van der Waals surface area contributed by atoms with Gasteiger partial charge in [0.25, 0.3) is 0 Å². The van der Waals surface area contributed by atoms with Gasteiger partial charge in [-0.2, -0.15) is 13.2 Å². The first kappa shape index (κ1) is 39.9. The number of alkyl halides is 3. The van der Waals surface area contributed by atoms with Crippen molar-refractivity contribution in [3.05, 3.63) is 47.8 Å². The van der Waals surface area contributed by atoms with Gasteiger partial charge in [-0.05, 0) is 38.3 Å². The van der Waals surface area contributed by atoms with Gasteiger partial charge in [-0.25, -0.2) is 9.48 Å². The summed E-state index contributed by atoms with van der Waals surface area (Å²) in [5.74, 6) is -4.43. The Labute approximate surface area is 288 Å². The molecule has 1 aliphatic heterocycles. The molecule has 2 heterocycles. The van der Waals surface area contributed by atoms with Gasteiger partial charge in [0.2, 0.25) is 23.6 Å². The number of hydrogen-bond donors (Lipinski definition) is 5. The van der Waals surface area contributed by atoms with Crippen LogP contribution in [-0.4, -0.2) is 98.5 Å². The number of carboxylic acid groups (broad SMARTS) is 1. The van der Waals surface area contributed by atoms with E-state index in [1.54, 1.807) is 18.7 Å². The monoisotopic (exact) mass is 708 g/mol. The van der Waals surface area contributed by atoms with Crippen LogP contribution in [0.2, 0.25) is 0 Å². The molecule has 50 heavy (non-hydrogen) atoms. The molecule has 2 fully saturated rings. The van der Waals surface area contributed by atoms with E-state index in [1.807, 2.05) is 50.4 Å². The standard InChI is InChI=1S/C31H46N8O4.C2HF3O2/c1-19(2)27(35-29(41)20(3)33-4)31(43)38-17-23(39-18-25(36-37-39)22-13-9-6-10-14-22)16-26(38)30(42)34-24(28(32)40)15-21-11-7-5-8-12-21;3-2(4,5)1(6)7/h5,7-8,11-12,18-20,22-24,26-27,33H,6,9-10,13-17H2,1-4H3,(H2,32,40)(H,34,42)(H,35,41);(H,6,7)/t20-,23-,24-,26-,27-;/m0./s1. The third kappa shape index (κ3) is 11.0. The summed E-state index contributed by atoms with van der Waals surface area (Å²) >= 11 is 0. The van der Waals surface area contributed by atoms with Crippen LogP contribution in [0.25, 0.3) is 0 Å². The van der Waals surface area contributed by atoms with Crippen LogP contribution in [0.3, 0.4) is 0 Å². The molecular formula is C33H47F3N8O6. The molecule has 2 aromatic rings. The highest BCUT2D eigenvalue weighted by molar-refractivity contribution is 5.95. The number of primary amides is 1. The Bertz CT molecular complexity index is 1460. The minimum atomic E-state index is -5.08. The van der Waals surface area contributed by atoms with Gasteiger partial charge in [-0.15, -0.1) is 5.10 Å². The summed E-state index contributed by atoms with van der Waals surface area (Å²) in [6.45, 7) is 5.63. The number of likely N-dealkylation sites (N-methyl/N-ethyl adjacent to an activating group) is 1. The summed E-state index contributed by atoms with van der Waals surface area (Å²) in [5.41, 5.74) is 7.48. The second-order valence-electron chi connectivity index (χ2n) is 13.1. The van der Waals surface area contributed by atoms with Crippen molar-refractivity contribution in [2.24, 2.45) is 11.7 Å². The van der Waals surface area contributed by atoms with Crippen molar-refractivity contribution >= 4 is 29.6 Å². The molecule has 1 saturated carbocycles. The number of halogens is 3. The lowest BCUT2D eigenvalue weighted by Crippen LogP contribution is -2.58. The lowest BCUT2D eigenvalue weighted by atomic mass is 9.87. The zero-order valence-corrected chi connectivity index (χ0v) is 28.7. The molecule has 1 saturated heterocycles. The number of likely N-dealkylation sites (tertiary alicyclic amines) is 1. The van der Waals surface area contributed by atoms with Gasteiger partial charge < -0.3 is 31.7 Å². The van der Waals surface area contributed by atoms with Gasteiger partial charge in [0.15, 0.2) is 0 Å². The summed E-state index contributed by atoms with van der Waals surface area (Å²) in [5, 5.41) is 24.6. The van der Waals surface area contributed by atoms with E-state index in [-0.39, 0.29) is 43.2 Å². The number of carboxylic acids is 1. The van der Waals surface area contributed by atoms with Crippen molar-refractivity contribution in [2.45, 2.75) is 108 Å². The second kappa shape index (κ2) is 17.9. The lowest BCUT2D eigenvalue weighted by Gasteiger charge is -2.31. The molecular weight excluding hydrogens is 661 g/mol. The predicted molar refractivity (Wildman–Crippen MR) is 175 cm³/mol. The average molecular weight is 709 g/mol. The van der Waals surface area contributed by atoms with E-state index >= 15 is 0 Å². The Morgan fingerprint density at radius 3 is 2.18 bits per heavy atom. The zero-order valence-electron chi connectivity index (χ0n) is 28.7. The topological polar surface area (TPSA) is 202 Å². The first-order chi connectivity index (χ1) is 23.5. The summed E-state index contributed by atoms with van der Waals surface area (Å²) in [4.78, 5) is 63.4. The van der Waals surface area contributed by atoms with Gasteiger partial charge in [0.05, 0.1) is 17.8 Å². The Morgan fingerprint density at radius 1 is 1.02 bits per heavy atom. The molecule has 2 aliphatic rings. The lowest BCUT2D eigenvalue weighted by molar-refractivity contribution is -0.192. The molecule has 14 nitrogen and oxygen atoms in total. The molecule has 4 amide bonds. The molecule has 1 aromatic carbocycles. The number of aliphatic carboxylic acids is 1. The molecule has 17 heteroatoms. The van der Waals surface area contributed by atoms with Crippen LogP contribution < -0.4 is 21.7 Å². The summed E-state index contributed by atoms with van der Waals surface area (Å²) < 4.78 is 33.5. The molecule has 0 unspecified atom stereocenters. The van der Waals surface area contributed by atoms with Crippen molar-refractivity contribution in [1.82, 2.24) is 35.8 Å². The molecule has 1 aliphatic carbocycles. The van der Waals surface area contributed by atoms with Crippen molar-refractivity contribution in [2.75, 3.05) is 13.6 Å². The number of amides is 4. The maximum Gasteiger partial charge on any atom is 0.490 e. The number of carbonyl (C=O) groups is 5. The van der Waals surface area contributed by atoms with Crippen LogP contribution in [0.5, 0.6) is 0 Å². The highest BCUT2D eigenvalue weighted by Gasteiger charge is 2.44. The summed E-state index contributed by atoms with van der Waals surface area (Å²) in [6, 6.07) is 5.81. The van der Waals surface area contributed by atoms with E-state index in [9.17, 15) is 32.3 Å². The van der Waals surface area contributed by atoms with E-state index in [0.29, 0.717) is 5.92 Å². The van der Waals surface area contributed by atoms with Gasteiger partial charge in [0, 0.05) is 31.5 Å². The van der Waals surface area contributed by atoms with Crippen LogP contribution >= 0.6 is 0 Å². The molecule has 0 spiro atoms. The second-order valence-corrected chi connectivity index (χ2v) is 13.1. The fourth-order valence-corrected chi connectivity index (χ4v) is 5.99.